The molecule has 0 spiro atoms. The summed E-state index contributed by atoms with van der Waals surface area (Å²) in [4.78, 5) is 0. The van der Waals surface area contributed by atoms with Crippen LogP contribution in [0.25, 0.3) is 0 Å². The molecule has 110 valence electrons. The lowest BCUT2D eigenvalue weighted by Gasteiger charge is -2.21. The second-order valence-corrected chi connectivity index (χ2v) is 7.27. The quantitative estimate of drug-likeness (QED) is 0.673. The molecular formula is C10H15Cl2FN2O2S2. The van der Waals surface area contributed by atoms with Gasteiger partial charge in [0, 0.05) is 14.1 Å². The number of alkyl halides is 3. The third kappa shape index (κ3) is 6.67. The topological polar surface area (TPSA) is 40.6 Å². The smallest absolute Gasteiger partial charge is 0.212 e. The van der Waals surface area contributed by atoms with E-state index >= 15 is 0 Å². The summed E-state index contributed by atoms with van der Waals surface area (Å²) in [6.07, 6.45) is 0. The first-order valence-electron chi connectivity index (χ1n) is 4.99. The molecule has 1 rings (SSSR count). The van der Waals surface area contributed by atoms with Crippen LogP contribution in [0.15, 0.2) is 24.3 Å². The first kappa shape index (κ1) is 18.8. The molecule has 0 bridgehead atoms. The van der Waals surface area contributed by atoms with Crippen molar-refractivity contribution in [2.45, 2.75) is 12.0 Å². The minimum Gasteiger partial charge on any atom is -0.212 e. The van der Waals surface area contributed by atoms with Gasteiger partial charge in [-0.05, 0) is 31.9 Å². The summed E-state index contributed by atoms with van der Waals surface area (Å²) in [5.41, 5.74) is 1.60. The highest BCUT2D eigenvalue weighted by Crippen LogP contribution is 2.21. The number of hydrogen-bond donors (Lipinski definition) is 1. The van der Waals surface area contributed by atoms with Crippen LogP contribution in [0.2, 0.25) is 0 Å². The molecule has 0 unspecified atom stereocenters. The molecule has 0 heterocycles. The highest BCUT2D eigenvalue weighted by atomic mass is 35.5. The molecule has 0 aliphatic carbocycles. The second kappa shape index (κ2) is 8.16. The van der Waals surface area contributed by atoms with E-state index in [1.807, 2.05) is 19.1 Å². The van der Waals surface area contributed by atoms with E-state index in [9.17, 15) is 12.8 Å². The molecule has 0 aliphatic heterocycles. The Labute approximate surface area is 128 Å². The molecule has 0 radical (unpaired) electrons. The van der Waals surface area contributed by atoms with Crippen LogP contribution < -0.4 is 3.71 Å². The lowest BCUT2D eigenvalue weighted by molar-refractivity contribution is 0.523. The van der Waals surface area contributed by atoms with Crippen molar-refractivity contribution in [1.82, 2.24) is 4.31 Å². The van der Waals surface area contributed by atoms with E-state index in [1.165, 1.54) is 14.1 Å². The fraction of sp³-hybridized carbons (Fsp3) is 0.400. The van der Waals surface area contributed by atoms with Crippen LogP contribution >= 0.6 is 36.0 Å². The number of hydrogen-bond acceptors (Lipinski definition) is 3. The van der Waals surface area contributed by atoms with Gasteiger partial charge in [0.05, 0.1) is 5.69 Å². The summed E-state index contributed by atoms with van der Waals surface area (Å²) in [6, 6.07) is 7.10. The summed E-state index contributed by atoms with van der Waals surface area (Å²) in [7, 11) is -0.582. The molecule has 0 saturated carbocycles. The maximum absolute atomic E-state index is 11.7. The fourth-order valence-corrected chi connectivity index (χ4v) is 2.23. The average Bonchev–Trinajstić information content (AvgIpc) is 2.28. The van der Waals surface area contributed by atoms with Gasteiger partial charge >= 0.3 is 10.2 Å². The Morgan fingerprint density at radius 2 is 1.58 bits per heavy atom. The zero-order valence-electron chi connectivity index (χ0n) is 10.6. The Bertz CT molecular complexity index is 478. The van der Waals surface area contributed by atoms with Crippen LogP contribution in [0.3, 0.4) is 0 Å². The molecule has 1 aromatic rings. The first-order chi connectivity index (χ1) is 8.59. The molecule has 19 heavy (non-hydrogen) atoms. The van der Waals surface area contributed by atoms with Crippen molar-refractivity contribution in [1.29, 1.82) is 0 Å². The molecule has 0 N–H and O–H groups in total. The van der Waals surface area contributed by atoms with Crippen molar-refractivity contribution in [2.75, 3.05) is 17.8 Å². The Morgan fingerprint density at radius 3 is 1.89 bits per heavy atom. The molecule has 0 fully saturated rings. The Morgan fingerprint density at radius 1 is 1.21 bits per heavy atom. The van der Waals surface area contributed by atoms with E-state index in [0.717, 1.165) is 13.6 Å². The highest BCUT2D eigenvalue weighted by molar-refractivity contribution is 8.04. The van der Waals surface area contributed by atoms with E-state index in [4.69, 9.17) is 0 Å². The summed E-state index contributed by atoms with van der Waals surface area (Å²) < 4.78 is 36.0. The molecule has 0 saturated heterocycles. The third-order valence-electron chi connectivity index (χ3n) is 1.93. The van der Waals surface area contributed by atoms with Crippen LogP contribution in [0.5, 0.6) is 0 Å². The Hall–Kier alpha value is -0.210. The van der Waals surface area contributed by atoms with Gasteiger partial charge in [-0.15, -0.1) is 0 Å². The van der Waals surface area contributed by atoms with Gasteiger partial charge in [-0.2, -0.15) is 12.7 Å². The maximum Gasteiger partial charge on any atom is 0.312 e. The van der Waals surface area contributed by atoms with E-state index in [1.54, 1.807) is 12.1 Å². The van der Waals surface area contributed by atoms with Crippen LogP contribution in [0, 0.1) is 6.92 Å². The molecule has 4 nitrogen and oxygen atoms in total. The zero-order chi connectivity index (χ0) is 15.2. The minimum absolute atomic E-state index is 0.526. The van der Waals surface area contributed by atoms with Gasteiger partial charge < -0.3 is 0 Å². The van der Waals surface area contributed by atoms with Crippen molar-refractivity contribution < 1.29 is 12.8 Å². The SMILES string of the molecule is Cc1ccc(N(S)S(=O)(=O)N(C)C)cc1.FC(Cl)Cl. The second-order valence-electron chi connectivity index (χ2n) is 3.62. The van der Waals surface area contributed by atoms with Gasteiger partial charge in [0.15, 0.2) is 0 Å². The predicted octanol–water partition coefficient (Wildman–Crippen LogP) is 3.17. The predicted molar refractivity (Wildman–Crippen MR) is 81.9 cm³/mol. The monoisotopic (exact) mass is 348 g/mol. The Kier molecular flexibility index (Phi) is 8.07. The molecule has 0 aliphatic rings. The largest absolute Gasteiger partial charge is 0.312 e. The number of halogens is 3. The number of rotatable bonds is 3. The van der Waals surface area contributed by atoms with Crippen molar-refractivity contribution in [3.05, 3.63) is 29.8 Å². The summed E-state index contributed by atoms with van der Waals surface area (Å²) in [5.74, 6) is 0. The lowest BCUT2D eigenvalue weighted by atomic mass is 10.2. The molecule has 1 aromatic carbocycles. The van der Waals surface area contributed by atoms with Gasteiger partial charge in [-0.1, -0.05) is 40.9 Å². The number of anilines is 1. The number of benzene rings is 1. The van der Waals surface area contributed by atoms with Crippen molar-refractivity contribution >= 4 is 51.9 Å². The molecule has 9 heteroatoms. The minimum atomic E-state index is -3.51. The van der Waals surface area contributed by atoms with Gasteiger partial charge in [-0.25, -0.2) is 8.10 Å². The zero-order valence-corrected chi connectivity index (χ0v) is 13.8. The van der Waals surface area contributed by atoms with E-state index in [2.05, 4.69) is 36.0 Å². The standard InChI is InChI=1S/C9H14N2O2S2.CHCl2F/c1-8-4-6-9(7-5-8)11(14)15(12,13)10(2)3;2-1(3)4/h4-7,14H,1-3H3;1H. The van der Waals surface area contributed by atoms with E-state index in [-0.39, 0.29) is 0 Å². The van der Waals surface area contributed by atoms with Crippen molar-refractivity contribution in [2.24, 2.45) is 0 Å². The Balaban J connectivity index is 0.000000711. The highest BCUT2D eigenvalue weighted by Gasteiger charge is 2.21. The van der Waals surface area contributed by atoms with Gasteiger partial charge in [-0.3, -0.25) is 0 Å². The molecular weight excluding hydrogens is 334 g/mol. The molecule has 0 amide bonds. The number of nitrogens with zero attached hydrogens (tertiary/aromatic N) is 2. The molecule has 0 aromatic heterocycles. The fourth-order valence-electron chi connectivity index (χ4n) is 0.960. The van der Waals surface area contributed by atoms with Crippen molar-refractivity contribution in [3.63, 3.8) is 0 Å². The summed E-state index contributed by atoms with van der Waals surface area (Å²) >= 11 is 12.7. The van der Waals surface area contributed by atoms with Crippen LogP contribution in [0.4, 0.5) is 10.1 Å². The van der Waals surface area contributed by atoms with E-state index < -0.39 is 15.3 Å². The number of aryl methyl sites for hydroxylation is 1. The lowest BCUT2D eigenvalue weighted by Crippen LogP contribution is -2.34. The number of thiol groups is 1. The average molecular weight is 349 g/mol. The van der Waals surface area contributed by atoms with Crippen LogP contribution in [0.1, 0.15) is 5.56 Å². The van der Waals surface area contributed by atoms with Gasteiger partial charge in [0.25, 0.3) is 0 Å². The van der Waals surface area contributed by atoms with Gasteiger partial charge in [0.2, 0.25) is 5.09 Å². The maximum atomic E-state index is 11.7. The first-order valence-corrected chi connectivity index (χ1v) is 7.66. The molecule has 0 atom stereocenters. The normalized spacial score (nSPS) is 11.2. The van der Waals surface area contributed by atoms with Crippen LogP contribution in [-0.4, -0.2) is 31.9 Å². The van der Waals surface area contributed by atoms with E-state index in [0.29, 0.717) is 5.69 Å². The summed E-state index contributed by atoms with van der Waals surface area (Å²) in [6.45, 7) is 1.94. The summed E-state index contributed by atoms with van der Waals surface area (Å²) in [5, 5.41) is -1.72. The van der Waals surface area contributed by atoms with Gasteiger partial charge in [0.1, 0.15) is 0 Å². The van der Waals surface area contributed by atoms with Crippen molar-refractivity contribution in [3.8, 4) is 0 Å². The van der Waals surface area contributed by atoms with Crippen LogP contribution in [-0.2, 0) is 10.2 Å². The third-order valence-corrected chi connectivity index (χ3v) is 4.36.